The van der Waals surface area contributed by atoms with Crippen molar-refractivity contribution in [1.29, 1.82) is 0 Å². The summed E-state index contributed by atoms with van der Waals surface area (Å²) in [5.74, 6) is 1.52. The molecule has 0 fully saturated rings. The number of rotatable bonds is 7. The van der Waals surface area contributed by atoms with E-state index in [1.807, 2.05) is 19.2 Å². The zero-order valence-electron chi connectivity index (χ0n) is 13.2. The van der Waals surface area contributed by atoms with Crippen LogP contribution in [0, 0.1) is 12.8 Å². The largest absolute Gasteiger partial charge is 0.497 e. The van der Waals surface area contributed by atoms with E-state index in [2.05, 4.69) is 48.6 Å². The van der Waals surface area contributed by atoms with Gasteiger partial charge in [0.15, 0.2) is 0 Å². The maximum absolute atomic E-state index is 5.22. The van der Waals surface area contributed by atoms with E-state index < -0.39 is 0 Å². The van der Waals surface area contributed by atoms with Gasteiger partial charge < -0.3 is 10.1 Å². The maximum Gasteiger partial charge on any atom is 0.118 e. The topological polar surface area (TPSA) is 21.3 Å². The predicted molar refractivity (Wildman–Crippen MR) is 89.0 cm³/mol. The van der Waals surface area contributed by atoms with Crippen LogP contribution in [0.4, 0.5) is 0 Å². The van der Waals surface area contributed by atoms with E-state index in [0.29, 0.717) is 5.92 Å². The van der Waals surface area contributed by atoms with Crippen LogP contribution in [0.3, 0.4) is 0 Å². The molecule has 21 heavy (non-hydrogen) atoms. The van der Waals surface area contributed by atoms with Crippen molar-refractivity contribution in [2.45, 2.75) is 19.8 Å². The van der Waals surface area contributed by atoms with Gasteiger partial charge in [-0.25, -0.2) is 0 Å². The van der Waals surface area contributed by atoms with Crippen molar-refractivity contribution in [2.24, 2.45) is 5.92 Å². The summed E-state index contributed by atoms with van der Waals surface area (Å²) in [6, 6.07) is 17.3. The fourth-order valence-electron chi connectivity index (χ4n) is 2.66. The van der Waals surface area contributed by atoms with Crippen molar-refractivity contribution in [3.8, 4) is 5.75 Å². The Morgan fingerprint density at radius 3 is 1.90 bits per heavy atom. The molecule has 0 spiro atoms. The summed E-state index contributed by atoms with van der Waals surface area (Å²) in [7, 11) is 3.73. The van der Waals surface area contributed by atoms with Crippen LogP contribution in [-0.4, -0.2) is 20.7 Å². The van der Waals surface area contributed by atoms with E-state index in [1.165, 1.54) is 16.7 Å². The van der Waals surface area contributed by atoms with Gasteiger partial charge in [-0.15, -0.1) is 0 Å². The number of nitrogens with one attached hydrogen (secondary N) is 1. The predicted octanol–water partition coefficient (Wildman–Crippen LogP) is 3.62. The van der Waals surface area contributed by atoms with Crippen molar-refractivity contribution in [3.05, 3.63) is 65.2 Å². The van der Waals surface area contributed by atoms with Gasteiger partial charge in [-0.1, -0.05) is 42.0 Å². The number of aryl methyl sites for hydroxylation is 1. The third-order valence-corrected chi connectivity index (χ3v) is 3.82. The van der Waals surface area contributed by atoms with Crippen LogP contribution in [0.5, 0.6) is 5.75 Å². The molecule has 112 valence electrons. The van der Waals surface area contributed by atoms with E-state index in [1.54, 1.807) is 7.11 Å². The Morgan fingerprint density at radius 2 is 1.43 bits per heavy atom. The smallest absolute Gasteiger partial charge is 0.118 e. The first kappa shape index (κ1) is 15.6. The Labute approximate surface area is 128 Å². The first-order valence-electron chi connectivity index (χ1n) is 7.54. The van der Waals surface area contributed by atoms with E-state index in [0.717, 1.165) is 25.1 Å². The molecule has 2 aromatic carbocycles. The molecule has 2 heteroatoms. The molecule has 2 rings (SSSR count). The number of methoxy groups -OCH3 is 1. The Hall–Kier alpha value is -1.80. The minimum Gasteiger partial charge on any atom is -0.497 e. The van der Waals surface area contributed by atoms with Gasteiger partial charge in [0, 0.05) is 0 Å². The fourth-order valence-corrected chi connectivity index (χ4v) is 2.66. The van der Waals surface area contributed by atoms with Gasteiger partial charge in [0.25, 0.3) is 0 Å². The Kier molecular flexibility index (Phi) is 5.82. The Bertz CT molecular complexity index is 530. The second-order valence-corrected chi connectivity index (χ2v) is 5.67. The van der Waals surface area contributed by atoms with E-state index in [4.69, 9.17) is 4.74 Å². The second-order valence-electron chi connectivity index (χ2n) is 5.67. The molecule has 0 heterocycles. The molecule has 0 radical (unpaired) electrons. The third kappa shape index (κ3) is 4.91. The molecule has 1 N–H and O–H groups in total. The molecular weight excluding hydrogens is 258 g/mol. The fraction of sp³-hybridized carbons (Fsp3) is 0.368. The monoisotopic (exact) mass is 283 g/mol. The lowest BCUT2D eigenvalue weighted by atomic mass is 9.92. The summed E-state index contributed by atoms with van der Waals surface area (Å²) < 4.78 is 5.22. The lowest BCUT2D eigenvalue weighted by Gasteiger charge is -2.17. The molecule has 0 saturated heterocycles. The van der Waals surface area contributed by atoms with Gasteiger partial charge in [0.05, 0.1) is 7.11 Å². The van der Waals surface area contributed by atoms with Crippen LogP contribution < -0.4 is 10.1 Å². The molecule has 0 saturated carbocycles. The third-order valence-electron chi connectivity index (χ3n) is 3.82. The average Bonchev–Trinajstić information content (AvgIpc) is 2.50. The lowest BCUT2D eigenvalue weighted by molar-refractivity contribution is 0.414. The first-order valence-corrected chi connectivity index (χ1v) is 7.54. The highest BCUT2D eigenvalue weighted by molar-refractivity contribution is 5.28. The molecule has 0 aliphatic carbocycles. The van der Waals surface area contributed by atoms with Crippen LogP contribution in [0.1, 0.15) is 16.7 Å². The van der Waals surface area contributed by atoms with Crippen LogP contribution in [0.2, 0.25) is 0 Å². The van der Waals surface area contributed by atoms with Crippen LogP contribution in [-0.2, 0) is 12.8 Å². The molecule has 0 amide bonds. The summed E-state index contributed by atoms with van der Waals surface area (Å²) in [5, 5.41) is 3.32. The van der Waals surface area contributed by atoms with Gasteiger partial charge >= 0.3 is 0 Å². The average molecular weight is 283 g/mol. The minimum absolute atomic E-state index is 0.603. The van der Waals surface area contributed by atoms with Crippen molar-refractivity contribution >= 4 is 0 Å². The lowest BCUT2D eigenvalue weighted by Crippen LogP contribution is -2.22. The van der Waals surface area contributed by atoms with Crippen LogP contribution >= 0.6 is 0 Å². The zero-order chi connectivity index (χ0) is 15.1. The number of ether oxygens (including phenoxy) is 1. The summed E-state index contributed by atoms with van der Waals surface area (Å²) in [6.45, 7) is 3.16. The molecule has 0 aliphatic heterocycles. The summed E-state index contributed by atoms with van der Waals surface area (Å²) >= 11 is 0. The quantitative estimate of drug-likeness (QED) is 0.838. The van der Waals surface area contributed by atoms with Crippen LogP contribution in [0.15, 0.2) is 48.5 Å². The maximum atomic E-state index is 5.22. The van der Waals surface area contributed by atoms with Gasteiger partial charge in [-0.05, 0) is 62.5 Å². The molecule has 2 nitrogen and oxygen atoms in total. The number of hydrogen-bond donors (Lipinski definition) is 1. The molecule has 0 bridgehead atoms. The summed E-state index contributed by atoms with van der Waals surface area (Å²) in [6.07, 6.45) is 2.19. The number of hydrogen-bond acceptors (Lipinski definition) is 2. The standard InChI is InChI=1S/C19H25NO/c1-15-4-6-16(7-5-15)12-18(14-20-2)13-17-8-10-19(21-3)11-9-17/h4-11,18,20H,12-14H2,1-3H3. The van der Waals surface area contributed by atoms with Crippen molar-refractivity contribution in [1.82, 2.24) is 5.32 Å². The molecule has 1 atom stereocenters. The molecule has 2 aromatic rings. The SMILES string of the molecule is CNCC(Cc1ccc(C)cc1)Cc1ccc(OC)cc1. The molecule has 0 aliphatic rings. The first-order chi connectivity index (χ1) is 10.2. The van der Waals surface area contributed by atoms with Gasteiger partial charge in [-0.3, -0.25) is 0 Å². The molecular formula is C19H25NO. The molecule has 1 unspecified atom stereocenters. The highest BCUT2D eigenvalue weighted by Gasteiger charge is 2.10. The van der Waals surface area contributed by atoms with Gasteiger partial charge in [0.1, 0.15) is 5.75 Å². The second kappa shape index (κ2) is 7.84. The van der Waals surface area contributed by atoms with Gasteiger partial charge in [-0.2, -0.15) is 0 Å². The zero-order valence-corrected chi connectivity index (χ0v) is 13.2. The number of benzene rings is 2. The minimum atomic E-state index is 0.603. The highest BCUT2D eigenvalue weighted by atomic mass is 16.5. The summed E-state index contributed by atoms with van der Waals surface area (Å²) in [4.78, 5) is 0. The molecule has 0 aromatic heterocycles. The van der Waals surface area contributed by atoms with Gasteiger partial charge in [0.2, 0.25) is 0 Å². The van der Waals surface area contributed by atoms with E-state index >= 15 is 0 Å². The summed E-state index contributed by atoms with van der Waals surface area (Å²) in [5.41, 5.74) is 4.09. The normalized spacial score (nSPS) is 12.1. The van der Waals surface area contributed by atoms with E-state index in [9.17, 15) is 0 Å². The Morgan fingerprint density at radius 1 is 0.905 bits per heavy atom. The van der Waals surface area contributed by atoms with Crippen molar-refractivity contribution in [2.75, 3.05) is 20.7 Å². The van der Waals surface area contributed by atoms with Crippen molar-refractivity contribution < 1.29 is 4.74 Å². The highest BCUT2D eigenvalue weighted by Crippen LogP contribution is 2.18. The van der Waals surface area contributed by atoms with E-state index in [-0.39, 0.29) is 0 Å². The Balaban J connectivity index is 2.02. The van der Waals surface area contributed by atoms with Crippen molar-refractivity contribution in [3.63, 3.8) is 0 Å². The van der Waals surface area contributed by atoms with Crippen LogP contribution in [0.25, 0.3) is 0 Å².